The van der Waals surface area contributed by atoms with Crippen LogP contribution in [0, 0.1) is 28.7 Å². The summed E-state index contributed by atoms with van der Waals surface area (Å²) in [4.78, 5) is 18.2. The topological polar surface area (TPSA) is 119 Å². The molecule has 3 rings (SSSR count). The minimum Gasteiger partial charge on any atom is -0.360 e. The predicted molar refractivity (Wildman–Crippen MR) is 82.8 cm³/mol. The second-order valence-electron chi connectivity index (χ2n) is 4.87. The van der Waals surface area contributed by atoms with Crippen molar-refractivity contribution in [2.45, 2.75) is 6.92 Å². The van der Waals surface area contributed by atoms with Crippen LogP contribution in [0.2, 0.25) is 0 Å². The average Bonchev–Trinajstić information content (AvgIpc) is 2.95. The molecule has 0 aliphatic carbocycles. The van der Waals surface area contributed by atoms with Gasteiger partial charge in [0.15, 0.2) is 5.82 Å². The maximum Gasteiger partial charge on any atom is 0.353 e. The van der Waals surface area contributed by atoms with Gasteiger partial charge in [-0.2, -0.15) is 0 Å². The minimum absolute atomic E-state index is 0.168. The van der Waals surface area contributed by atoms with Crippen LogP contribution >= 0.6 is 0 Å². The molecule has 0 aliphatic rings. The first-order valence-electron chi connectivity index (χ1n) is 6.86. The highest BCUT2D eigenvalue weighted by Gasteiger charge is 2.24. The number of halogens is 2. The van der Waals surface area contributed by atoms with E-state index in [1.54, 1.807) is 6.92 Å². The van der Waals surface area contributed by atoms with E-state index >= 15 is 0 Å². The van der Waals surface area contributed by atoms with Crippen molar-refractivity contribution in [2.24, 2.45) is 0 Å². The van der Waals surface area contributed by atoms with Crippen LogP contribution in [0.1, 0.15) is 5.76 Å². The van der Waals surface area contributed by atoms with E-state index in [0.29, 0.717) is 11.8 Å². The van der Waals surface area contributed by atoms with Crippen molar-refractivity contribution in [3.05, 3.63) is 58.1 Å². The fourth-order valence-electron chi connectivity index (χ4n) is 2.00. The Morgan fingerprint density at radius 3 is 2.48 bits per heavy atom. The molecule has 0 spiro atoms. The largest absolute Gasteiger partial charge is 0.360 e. The Balaban J connectivity index is 1.98. The molecule has 0 radical (unpaired) electrons. The van der Waals surface area contributed by atoms with E-state index in [4.69, 9.17) is 4.52 Å². The number of benzene rings is 1. The summed E-state index contributed by atoms with van der Waals surface area (Å²) >= 11 is 0. The molecule has 0 saturated heterocycles. The Kier molecular flexibility index (Phi) is 4.20. The van der Waals surface area contributed by atoms with E-state index in [9.17, 15) is 18.9 Å². The van der Waals surface area contributed by atoms with Gasteiger partial charge in [-0.15, -0.1) is 0 Å². The fraction of sp³-hybridized carbons (Fsp3) is 0.0714. The lowest BCUT2D eigenvalue weighted by Gasteiger charge is -2.09. The van der Waals surface area contributed by atoms with E-state index in [2.05, 4.69) is 25.8 Å². The third-order valence-electron chi connectivity index (χ3n) is 3.06. The molecular weight excluding hydrogens is 338 g/mol. The Morgan fingerprint density at radius 2 is 1.88 bits per heavy atom. The molecule has 0 aliphatic heterocycles. The number of hydrogen-bond acceptors (Lipinski definition) is 8. The zero-order valence-electron chi connectivity index (χ0n) is 12.7. The van der Waals surface area contributed by atoms with E-state index in [1.807, 2.05) is 0 Å². The number of hydrogen-bond donors (Lipinski definition) is 2. The first-order chi connectivity index (χ1) is 11.9. The number of anilines is 4. The lowest BCUT2D eigenvalue weighted by molar-refractivity contribution is -0.383. The summed E-state index contributed by atoms with van der Waals surface area (Å²) < 4.78 is 31.6. The van der Waals surface area contributed by atoms with Gasteiger partial charge >= 0.3 is 5.69 Å². The highest BCUT2D eigenvalue weighted by atomic mass is 19.1. The molecule has 0 atom stereocenters. The molecule has 9 nitrogen and oxygen atoms in total. The molecule has 128 valence electrons. The van der Waals surface area contributed by atoms with Gasteiger partial charge in [0.05, 0.1) is 10.6 Å². The number of nitro groups is 1. The highest BCUT2D eigenvalue weighted by Crippen LogP contribution is 2.33. The van der Waals surface area contributed by atoms with E-state index in [1.165, 1.54) is 6.07 Å². The second kappa shape index (κ2) is 6.47. The molecule has 0 fully saturated rings. The quantitative estimate of drug-likeness (QED) is 0.531. The van der Waals surface area contributed by atoms with Crippen molar-refractivity contribution in [2.75, 3.05) is 10.6 Å². The lowest BCUT2D eigenvalue weighted by Crippen LogP contribution is -2.06. The second-order valence-corrected chi connectivity index (χ2v) is 4.87. The standard InChI is InChI=1S/C14H10F2N6O3/c1-7-4-11(21-25-7)20-14-12(22(23)24)13(17-6-18-14)19-10-3-2-8(15)5-9(10)16/h2-6H,1H3,(H2,17,18,19,20,21). The van der Waals surface area contributed by atoms with Gasteiger partial charge in [-0.05, 0) is 19.1 Å². The minimum atomic E-state index is -0.922. The van der Waals surface area contributed by atoms with Crippen molar-refractivity contribution in [3.63, 3.8) is 0 Å². The van der Waals surface area contributed by atoms with Gasteiger partial charge in [-0.1, -0.05) is 5.16 Å². The van der Waals surface area contributed by atoms with Crippen molar-refractivity contribution in [1.29, 1.82) is 0 Å². The third kappa shape index (κ3) is 3.49. The van der Waals surface area contributed by atoms with E-state index in [0.717, 1.165) is 18.5 Å². The molecule has 0 unspecified atom stereocenters. The molecule has 11 heteroatoms. The van der Waals surface area contributed by atoms with E-state index < -0.39 is 22.2 Å². The summed E-state index contributed by atoms with van der Waals surface area (Å²) in [6.07, 6.45) is 1.05. The lowest BCUT2D eigenvalue weighted by atomic mass is 10.3. The van der Waals surface area contributed by atoms with Crippen LogP contribution in [0.3, 0.4) is 0 Å². The summed E-state index contributed by atoms with van der Waals surface area (Å²) in [6, 6.07) is 4.27. The van der Waals surface area contributed by atoms with Crippen molar-refractivity contribution in [1.82, 2.24) is 15.1 Å². The van der Waals surface area contributed by atoms with Crippen LogP contribution in [0.5, 0.6) is 0 Å². The van der Waals surface area contributed by atoms with Gasteiger partial charge in [0.25, 0.3) is 0 Å². The van der Waals surface area contributed by atoms with Crippen molar-refractivity contribution >= 4 is 28.8 Å². The van der Waals surface area contributed by atoms with E-state index in [-0.39, 0.29) is 23.1 Å². The smallest absolute Gasteiger partial charge is 0.353 e. The molecule has 2 N–H and O–H groups in total. The molecule has 0 amide bonds. The summed E-state index contributed by atoms with van der Waals surface area (Å²) in [5, 5.41) is 20.2. The number of rotatable bonds is 5. The molecule has 1 aromatic carbocycles. The molecule has 3 aromatic rings. The van der Waals surface area contributed by atoms with Gasteiger partial charge in [-0.25, -0.2) is 18.7 Å². The van der Waals surface area contributed by atoms with Crippen molar-refractivity contribution in [3.8, 4) is 0 Å². The third-order valence-corrected chi connectivity index (χ3v) is 3.06. The zero-order chi connectivity index (χ0) is 18.0. The molecular formula is C14H10F2N6O3. The summed E-state index contributed by atoms with van der Waals surface area (Å²) in [7, 11) is 0. The molecule has 0 saturated carbocycles. The summed E-state index contributed by atoms with van der Waals surface area (Å²) in [5.74, 6) is -1.44. The molecule has 0 bridgehead atoms. The Bertz CT molecular complexity index is 946. The Labute approximate surface area is 138 Å². The Morgan fingerprint density at radius 1 is 1.16 bits per heavy atom. The van der Waals surface area contributed by atoms with Gasteiger partial charge in [0, 0.05) is 12.1 Å². The predicted octanol–water partition coefficient (Wildman–Crippen LogP) is 3.45. The zero-order valence-corrected chi connectivity index (χ0v) is 12.7. The number of nitrogens with zero attached hydrogens (tertiary/aromatic N) is 4. The van der Waals surface area contributed by atoms with Crippen molar-refractivity contribution < 1.29 is 18.2 Å². The monoisotopic (exact) mass is 348 g/mol. The fourth-order valence-corrected chi connectivity index (χ4v) is 2.00. The normalized spacial score (nSPS) is 10.5. The van der Waals surface area contributed by atoms with Gasteiger partial charge in [0.1, 0.15) is 23.7 Å². The van der Waals surface area contributed by atoms with Crippen LogP contribution in [-0.2, 0) is 0 Å². The SMILES string of the molecule is Cc1cc(Nc2ncnc(Nc3ccc(F)cc3F)c2[N+](=O)[O-])no1. The highest BCUT2D eigenvalue weighted by molar-refractivity contribution is 5.76. The Hall–Kier alpha value is -3.63. The summed E-state index contributed by atoms with van der Waals surface area (Å²) in [5.41, 5.74) is -0.710. The van der Waals surface area contributed by atoms with Gasteiger partial charge in [-0.3, -0.25) is 10.1 Å². The number of aryl methyl sites for hydroxylation is 1. The van der Waals surface area contributed by atoms with Gasteiger partial charge in [0.2, 0.25) is 11.6 Å². The number of aromatic nitrogens is 3. The van der Waals surface area contributed by atoms with Crippen LogP contribution < -0.4 is 10.6 Å². The summed E-state index contributed by atoms with van der Waals surface area (Å²) in [6.45, 7) is 1.65. The average molecular weight is 348 g/mol. The van der Waals surface area contributed by atoms with Gasteiger partial charge < -0.3 is 15.2 Å². The maximum absolute atomic E-state index is 13.8. The first-order valence-corrected chi connectivity index (χ1v) is 6.86. The maximum atomic E-state index is 13.8. The van der Waals surface area contributed by atoms with Crippen LogP contribution in [-0.4, -0.2) is 20.0 Å². The molecule has 2 aromatic heterocycles. The molecule has 25 heavy (non-hydrogen) atoms. The van der Waals surface area contributed by atoms with Crippen LogP contribution in [0.4, 0.5) is 37.6 Å². The number of nitrogens with one attached hydrogen (secondary N) is 2. The van der Waals surface area contributed by atoms with Crippen LogP contribution in [0.25, 0.3) is 0 Å². The molecule has 2 heterocycles. The first kappa shape index (κ1) is 16.2. The van der Waals surface area contributed by atoms with Crippen LogP contribution in [0.15, 0.2) is 35.1 Å².